The first-order chi connectivity index (χ1) is 12.2. The van der Waals surface area contributed by atoms with Crippen LogP contribution in [0, 0.1) is 12.8 Å². The normalized spacial score (nSPS) is 21.5. The molecule has 3 amide bonds. The van der Waals surface area contributed by atoms with Crippen molar-refractivity contribution in [3.05, 3.63) is 17.5 Å². The lowest BCUT2D eigenvalue weighted by atomic mass is 10.1. The zero-order chi connectivity index (χ0) is 19.1. The Hall–Kier alpha value is -2.38. The lowest BCUT2D eigenvalue weighted by Gasteiger charge is -2.36. The van der Waals surface area contributed by atoms with Gasteiger partial charge in [0.1, 0.15) is 5.76 Å². The molecule has 8 heteroatoms. The molecule has 0 aromatic carbocycles. The van der Waals surface area contributed by atoms with Crippen LogP contribution in [0.1, 0.15) is 43.4 Å². The van der Waals surface area contributed by atoms with Gasteiger partial charge < -0.3 is 19.2 Å². The molecule has 0 spiro atoms. The SMILES string of the molecule is Cc1cc(C(=O)N2CCN(C(=O)C3CC(=O)N(C(C)(C)C)C3)CC2)no1. The van der Waals surface area contributed by atoms with E-state index in [0.717, 1.165) is 0 Å². The number of aryl methyl sites for hydroxylation is 1. The predicted octanol–water partition coefficient (Wildman–Crippen LogP) is 0.914. The van der Waals surface area contributed by atoms with Crippen LogP contribution in [0.3, 0.4) is 0 Å². The van der Waals surface area contributed by atoms with Crippen LogP contribution in [0.2, 0.25) is 0 Å². The zero-order valence-electron chi connectivity index (χ0n) is 15.8. The number of nitrogens with zero attached hydrogens (tertiary/aromatic N) is 4. The Bertz CT molecular complexity index is 713. The third-order valence-corrected chi connectivity index (χ3v) is 5.01. The smallest absolute Gasteiger partial charge is 0.276 e. The maximum absolute atomic E-state index is 12.8. The molecule has 1 aromatic heterocycles. The topological polar surface area (TPSA) is 87.0 Å². The molecule has 0 N–H and O–H groups in total. The predicted molar refractivity (Wildman–Crippen MR) is 93.3 cm³/mol. The van der Waals surface area contributed by atoms with Gasteiger partial charge in [-0.3, -0.25) is 14.4 Å². The third kappa shape index (κ3) is 3.59. The van der Waals surface area contributed by atoms with E-state index in [1.807, 2.05) is 20.8 Å². The van der Waals surface area contributed by atoms with Crippen molar-refractivity contribution in [2.24, 2.45) is 5.92 Å². The highest BCUT2D eigenvalue weighted by Gasteiger charge is 2.41. The van der Waals surface area contributed by atoms with E-state index in [0.29, 0.717) is 44.2 Å². The van der Waals surface area contributed by atoms with Crippen LogP contribution in [-0.4, -0.2) is 75.8 Å². The summed E-state index contributed by atoms with van der Waals surface area (Å²) in [7, 11) is 0. The summed E-state index contributed by atoms with van der Waals surface area (Å²) in [6.45, 7) is 10.0. The Labute approximate surface area is 153 Å². The summed E-state index contributed by atoms with van der Waals surface area (Å²) in [5.41, 5.74) is 0.0249. The molecule has 2 saturated heterocycles. The first-order valence-electron chi connectivity index (χ1n) is 8.98. The highest BCUT2D eigenvalue weighted by atomic mass is 16.5. The van der Waals surface area contributed by atoms with Crippen molar-refractivity contribution in [1.82, 2.24) is 19.9 Å². The van der Waals surface area contributed by atoms with E-state index in [1.54, 1.807) is 27.7 Å². The van der Waals surface area contributed by atoms with Gasteiger partial charge in [-0.25, -0.2) is 0 Å². The average molecular weight is 362 g/mol. The number of hydrogen-bond acceptors (Lipinski definition) is 5. The Morgan fingerprint density at radius 1 is 1.15 bits per heavy atom. The highest BCUT2D eigenvalue weighted by molar-refractivity contribution is 5.93. The van der Waals surface area contributed by atoms with Crippen LogP contribution >= 0.6 is 0 Å². The number of rotatable bonds is 2. The first-order valence-corrected chi connectivity index (χ1v) is 8.98. The molecule has 3 heterocycles. The highest BCUT2D eigenvalue weighted by Crippen LogP contribution is 2.27. The fourth-order valence-corrected chi connectivity index (χ4v) is 3.54. The minimum atomic E-state index is -0.290. The third-order valence-electron chi connectivity index (χ3n) is 5.01. The van der Waals surface area contributed by atoms with Gasteiger partial charge in [0.15, 0.2) is 5.69 Å². The van der Waals surface area contributed by atoms with Gasteiger partial charge in [-0.1, -0.05) is 5.16 Å². The summed E-state index contributed by atoms with van der Waals surface area (Å²) in [5.74, 6) is 0.170. The van der Waals surface area contributed by atoms with Gasteiger partial charge >= 0.3 is 0 Å². The second-order valence-corrected chi connectivity index (χ2v) is 8.02. The molecule has 0 aliphatic carbocycles. The quantitative estimate of drug-likeness (QED) is 0.781. The van der Waals surface area contributed by atoms with Crippen LogP contribution in [-0.2, 0) is 9.59 Å². The van der Waals surface area contributed by atoms with Crippen molar-refractivity contribution in [3.8, 4) is 0 Å². The van der Waals surface area contributed by atoms with Gasteiger partial charge in [0, 0.05) is 50.7 Å². The summed E-state index contributed by atoms with van der Waals surface area (Å²) in [6, 6.07) is 1.62. The van der Waals surface area contributed by atoms with Crippen LogP contribution < -0.4 is 0 Å². The van der Waals surface area contributed by atoms with Crippen molar-refractivity contribution in [1.29, 1.82) is 0 Å². The van der Waals surface area contributed by atoms with Gasteiger partial charge in [-0.05, 0) is 27.7 Å². The van der Waals surface area contributed by atoms with Crippen molar-refractivity contribution in [2.75, 3.05) is 32.7 Å². The Morgan fingerprint density at radius 3 is 2.27 bits per heavy atom. The maximum atomic E-state index is 12.8. The standard InChI is InChI=1S/C18H26N4O4/c1-12-9-14(19-26-12)17(25)21-7-5-20(6-8-21)16(24)13-10-15(23)22(11-13)18(2,3)4/h9,13H,5-8,10-11H2,1-4H3. The first kappa shape index (κ1) is 18.4. The minimum absolute atomic E-state index is 0.00878. The van der Waals surface area contributed by atoms with Gasteiger partial charge in [-0.15, -0.1) is 0 Å². The number of piperazine rings is 1. The Morgan fingerprint density at radius 2 is 1.77 bits per heavy atom. The van der Waals surface area contributed by atoms with E-state index >= 15 is 0 Å². The van der Waals surface area contributed by atoms with Crippen molar-refractivity contribution in [3.63, 3.8) is 0 Å². The Kier molecular flexibility index (Phi) is 4.77. The molecule has 2 fully saturated rings. The van der Waals surface area contributed by atoms with Crippen molar-refractivity contribution in [2.45, 2.75) is 39.7 Å². The van der Waals surface area contributed by atoms with Crippen LogP contribution in [0.4, 0.5) is 0 Å². The number of amides is 3. The zero-order valence-corrected chi connectivity index (χ0v) is 15.8. The van der Waals surface area contributed by atoms with Crippen molar-refractivity contribution >= 4 is 17.7 Å². The molecule has 1 atom stereocenters. The Balaban J connectivity index is 1.56. The number of carbonyl (C=O) groups excluding carboxylic acids is 3. The van der Waals surface area contributed by atoms with Gasteiger partial charge in [0.2, 0.25) is 11.8 Å². The molecule has 26 heavy (non-hydrogen) atoms. The van der Waals surface area contributed by atoms with Gasteiger partial charge in [0.05, 0.1) is 5.92 Å². The molecule has 1 unspecified atom stereocenters. The van der Waals surface area contributed by atoms with Gasteiger partial charge in [-0.2, -0.15) is 0 Å². The lowest BCUT2D eigenvalue weighted by Crippen LogP contribution is -2.52. The minimum Gasteiger partial charge on any atom is -0.361 e. The molecule has 0 saturated carbocycles. The van der Waals surface area contributed by atoms with E-state index in [2.05, 4.69) is 5.16 Å². The number of hydrogen-bond donors (Lipinski definition) is 0. The van der Waals surface area contributed by atoms with E-state index in [-0.39, 0.29) is 35.6 Å². The van der Waals surface area contributed by atoms with Crippen LogP contribution in [0.5, 0.6) is 0 Å². The molecule has 8 nitrogen and oxygen atoms in total. The molecule has 0 radical (unpaired) electrons. The fraction of sp³-hybridized carbons (Fsp3) is 0.667. The number of carbonyl (C=O) groups is 3. The summed E-state index contributed by atoms with van der Waals surface area (Å²) >= 11 is 0. The molecule has 3 rings (SSSR count). The van der Waals surface area contributed by atoms with Crippen LogP contribution in [0.25, 0.3) is 0 Å². The second-order valence-electron chi connectivity index (χ2n) is 8.02. The maximum Gasteiger partial charge on any atom is 0.276 e. The second kappa shape index (κ2) is 6.74. The van der Waals surface area contributed by atoms with Crippen molar-refractivity contribution < 1.29 is 18.9 Å². The van der Waals surface area contributed by atoms with E-state index < -0.39 is 0 Å². The summed E-state index contributed by atoms with van der Waals surface area (Å²) < 4.78 is 4.95. The molecule has 1 aromatic rings. The summed E-state index contributed by atoms with van der Waals surface area (Å²) in [5, 5.41) is 3.76. The van der Waals surface area contributed by atoms with E-state index in [1.165, 1.54) is 0 Å². The summed E-state index contributed by atoms with van der Waals surface area (Å²) in [4.78, 5) is 42.6. The molecule has 2 aliphatic rings. The lowest BCUT2D eigenvalue weighted by molar-refractivity contribution is -0.137. The van der Waals surface area contributed by atoms with Gasteiger partial charge in [0.25, 0.3) is 5.91 Å². The molecule has 0 bridgehead atoms. The molecular formula is C18H26N4O4. The van der Waals surface area contributed by atoms with Crippen LogP contribution in [0.15, 0.2) is 10.6 Å². The largest absolute Gasteiger partial charge is 0.361 e. The molecule has 2 aliphatic heterocycles. The molecular weight excluding hydrogens is 336 g/mol. The number of aromatic nitrogens is 1. The monoisotopic (exact) mass is 362 g/mol. The fourth-order valence-electron chi connectivity index (χ4n) is 3.54. The summed E-state index contributed by atoms with van der Waals surface area (Å²) in [6.07, 6.45) is 0.271. The molecule has 142 valence electrons. The average Bonchev–Trinajstić information content (AvgIpc) is 3.19. The van der Waals surface area contributed by atoms with E-state index in [4.69, 9.17) is 4.52 Å². The number of likely N-dealkylation sites (tertiary alicyclic amines) is 1. The van der Waals surface area contributed by atoms with E-state index in [9.17, 15) is 14.4 Å².